The number of allylic oxidation sites excluding steroid dienone is 8. The predicted octanol–water partition coefficient (Wildman–Crippen LogP) is 10.6. The van der Waals surface area contributed by atoms with E-state index in [0.717, 1.165) is 77.0 Å². The number of rotatable bonds is 38. The smallest absolute Gasteiger partial charge is 0.472 e. The Kier molecular flexibility index (Phi) is 35.6. The Bertz CT molecular complexity index is 1110. The van der Waals surface area contributed by atoms with Crippen LogP contribution in [0, 0.1) is 0 Å². The summed E-state index contributed by atoms with van der Waals surface area (Å²) >= 11 is 0. The number of aliphatic carboxylic acids is 1. The standard InChI is InChI=1S/C42H74NO10P/c1-3-5-7-9-11-13-15-17-19-21-23-25-27-29-31-33-40(44)50-35-38(36-51-54(48,49)52-37-39(43)42(46)47)53-41(45)34-32-30-28-26-24-22-20-18-16-14-12-10-8-6-4-2/h13-20,38-39H,3-12,21-37,43H2,1-2H3,(H,46,47)(H,48,49)/b15-13+,16-14+,19-17+,20-18+/t38-,39+/m1/s1. The maximum absolute atomic E-state index is 12.6. The lowest BCUT2D eigenvalue weighted by atomic mass is 10.1. The molecule has 0 amide bonds. The average Bonchev–Trinajstić information content (AvgIpc) is 3.14. The number of carboxylic acid groups (broad SMARTS) is 1. The Labute approximate surface area is 326 Å². The molecule has 0 aliphatic carbocycles. The van der Waals surface area contributed by atoms with Crippen LogP contribution in [0.3, 0.4) is 0 Å². The van der Waals surface area contributed by atoms with Gasteiger partial charge in [-0.3, -0.25) is 23.4 Å². The largest absolute Gasteiger partial charge is 0.480 e. The van der Waals surface area contributed by atoms with Crippen LogP contribution in [0.5, 0.6) is 0 Å². The van der Waals surface area contributed by atoms with Crippen molar-refractivity contribution in [1.29, 1.82) is 0 Å². The van der Waals surface area contributed by atoms with Crippen molar-refractivity contribution >= 4 is 25.7 Å². The topological polar surface area (TPSA) is 172 Å². The van der Waals surface area contributed by atoms with Crippen molar-refractivity contribution in [3.05, 3.63) is 48.6 Å². The first-order valence-corrected chi connectivity index (χ1v) is 22.2. The highest BCUT2D eigenvalue weighted by molar-refractivity contribution is 7.47. The third-order valence-corrected chi connectivity index (χ3v) is 9.56. The van der Waals surface area contributed by atoms with Crippen LogP contribution in [-0.2, 0) is 37.5 Å². The van der Waals surface area contributed by atoms with Gasteiger partial charge in [-0.05, 0) is 64.2 Å². The van der Waals surface area contributed by atoms with Crippen molar-refractivity contribution in [2.75, 3.05) is 19.8 Å². The Balaban J connectivity index is 4.46. The lowest BCUT2D eigenvalue weighted by Gasteiger charge is -2.20. The molecule has 0 spiro atoms. The van der Waals surface area contributed by atoms with E-state index in [4.69, 9.17) is 24.8 Å². The molecule has 0 saturated heterocycles. The van der Waals surface area contributed by atoms with E-state index >= 15 is 0 Å². The molecule has 0 heterocycles. The van der Waals surface area contributed by atoms with Crippen LogP contribution in [0.1, 0.15) is 168 Å². The van der Waals surface area contributed by atoms with Crippen molar-refractivity contribution in [2.24, 2.45) is 5.73 Å². The summed E-state index contributed by atoms with van der Waals surface area (Å²) in [6.07, 6.45) is 40.3. The van der Waals surface area contributed by atoms with Crippen LogP contribution in [0.4, 0.5) is 0 Å². The van der Waals surface area contributed by atoms with E-state index in [0.29, 0.717) is 12.8 Å². The van der Waals surface area contributed by atoms with Crippen LogP contribution in [0.2, 0.25) is 0 Å². The number of carboxylic acids is 1. The van der Waals surface area contributed by atoms with Gasteiger partial charge in [0.2, 0.25) is 0 Å². The summed E-state index contributed by atoms with van der Waals surface area (Å²) < 4.78 is 32.6. The van der Waals surface area contributed by atoms with Gasteiger partial charge in [0.15, 0.2) is 6.10 Å². The lowest BCUT2D eigenvalue weighted by Crippen LogP contribution is -2.34. The van der Waals surface area contributed by atoms with Crippen molar-refractivity contribution < 1.29 is 47.5 Å². The van der Waals surface area contributed by atoms with Gasteiger partial charge in [-0.25, -0.2) is 4.57 Å². The molecule has 0 aliphatic heterocycles. The number of unbranched alkanes of at least 4 members (excludes halogenated alkanes) is 18. The lowest BCUT2D eigenvalue weighted by molar-refractivity contribution is -0.161. The summed E-state index contributed by atoms with van der Waals surface area (Å²) in [6, 6.07) is -1.53. The van der Waals surface area contributed by atoms with E-state index in [1.807, 2.05) is 0 Å². The molecule has 0 rings (SSSR count). The Hall–Kier alpha value is -2.56. The third kappa shape index (κ3) is 36.4. The van der Waals surface area contributed by atoms with E-state index in [1.54, 1.807) is 0 Å². The fraction of sp³-hybridized carbons (Fsp3) is 0.738. The molecule has 12 heteroatoms. The molecule has 0 aromatic rings. The number of carbonyl (C=O) groups excluding carboxylic acids is 2. The van der Waals surface area contributed by atoms with Gasteiger partial charge in [0, 0.05) is 12.8 Å². The van der Waals surface area contributed by atoms with Crippen LogP contribution >= 0.6 is 7.82 Å². The van der Waals surface area contributed by atoms with E-state index in [9.17, 15) is 23.8 Å². The zero-order valence-corrected chi connectivity index (χ0v) is 34.4. The number of phosphoric acid groups is 1. The van der Waals surface area contributed by atoms with E-state index in [2.05, 4.69) is 67.0 Å². The molecule has 4 N–H and O–H groups in total. The number of hydrogen-bond donors (Lipinski definition) is 3. The minimum Gasteiger partial charge on any atom is -0.480 e. The molecule has 0 aromatic carbocycles. The van der Waals surface area contributed by atoms with Gasteiger partial charge in [-0.2, -0.15) is 0 Å². The minimum absolute atomic E-state index is 0.139. The Morgan fingerprint density at radius 1 is 0.574 bits per heavy atom. The monoisotopic (exact) mass is 784 g/mol. The Morgan fingerprint density at radius 2 is 0.963 bits per heavy atom. The molecule has 0 saturated carbocycles. The fourth-order valence-electron chi connectivity index (χ4n) is 5.28. The minimum atomic E-state index is -4.72. The maximum atomic E-state index is 12.6. The normalized spacial score (nSPS) is 14.3. The summed E-state index contributed by atoms with van der Waals surface area (Å²) in [5, 5.41) is 8.87. The number of phosphoric ester groups is 1. The SMILES string of the molecule is CCCCCC/C=C/C=C/CCCCCCCC(=O)OC[C@H](COP(=O)(O)OC[C@H](N)C(=O)O)OC(=O)CCCCCCC/C=C/C=C/CCCCCC. The second-order valence-electron chi connectivity index (χ2n) is 13.8. The molecule has 3 atom stereocenters. The number of esters is 2. The van der Waals surface area contributed by atoms with E-state index in [1.165, 1.54) is 51.4 Å². The maximum Gasteiger partial charge on any atom is 0.472 e. The molecular weight excluding hydrogens is 709 g/mol. The average molecular weight is 784 g/mol. The molecule has 0 fully saturated rings. The molecule has 0 radical (unpaired) electrons. The van der Waals surface area contributed by atoms with Gasteiger partial charge in [0.1, 0.15) is 12.6 Å². The molecule has 312 valence electrons. The highest BCUT2D eigenvalue weighted by atomic mass is 31.2. The molecule has 0 aliphatic rings. The number of nitrogens with two attached hydrogens (primary N) is 1. The zero-order valence-electron chi connectivity index (χ0n) is 33.6. The van der Waals surface area contributed by atoms with Gasteiger partial charge < -0.3 is 25.2 Å². The van der Waals surface area contributed by atoms with Gasteiger partial charge in [0.25, 0.3) is 0 Å². The van der Waals surface area contributed by atoms with Crippen LogP contribution in [0.25, 0.3) is 0 Å². The number of carbonyl (C=O) groups is 3. The first-order valence-electron chi connectivity index (χ1n) is 20.7. The van der Waals surface area contributed by atoms with Gasteiger partial charge in [-0.15, -0.1) is 0 Å². The van der Waals surface area contributed by atoms with E-state index in [-0.39, 0.29) is 19.4 Å². The predicted molar refractivity (Wildman–Crippen MR) is 217 cm³/mol. The van der Waals surface area contributed by atoms with Crippen molar-refractivity contribution in [1.82, 2.24) is 0 Å². The van der Waals surface area contributed by atoms with E-state index < -0.39 is 51.1 Å². The van der Waals surface area contributed by atoms with Gasteiger partial charge >= 0.3 is 25.7 Å². The van der Waals surface area contributed by atoms with Crippen LogP contribution in [0.15, 0.2) is 48.6 Å². The van der Waals surface area contributed by atoms with Gasteiger partial charge in [-0.1, -0.05) is 140 Å². The summed E-state index contributed by atoms with van der Waals surface area (Å²) in [5.41, 5.74) is 5.32. The van der Waals surface area contributed by atoms with Crippen LogP contribution in [-0.4, -0.2) is 59.9 Å². The quantitative estimate of drug-likeness (QED) is 0.0235. The number of hydrogen-bond acceptors (Lipinski definition) is 9. The highest BCUT2D eigenvalue weighted by Crippen LogP contribution is 2.43. The van der Waals surface area contributed by atoms with Crippen molar-refractivity contribution in [2.45, 2.75) is 180 Å². The second kappa shape index (κ2) is 37.4. The van der Waals surface area contributed by atoms with Crippen molar-refractivity contribution in [3.63, 3.8) is 0 Å². The highest BCUT2D eigenvalue weighted by Gasteiger charge is 2.28. The Morgan fingerprint density at radius 3 is 1.41 bits per heavy atom. The summed E-state index contributed by atoms with van der Waals surface area (Å²) in [4.78, 5) is 45.9. The second-order valence-corrected chi connectivity index (χ2v) is 15.3. The first kappa shape index (κ1) is 51.4. The fourth-order valence-corrected chi connectivity index (χ4v) is 6.06. The first-order chi connectivity index (χ1) is 26.1. The summed E-state index contributed by atoms with van der Waals surface area (Å²) in [7, 11) is -4.72. The molecule has 0 aromatic heterocycles. The molecule has 1 unspecified atom stereocenters. The molecular formula is C42H74NO10P. The van der Waals surface area contributed by atoms with Gasteiger partial charge in [0.05, 0.1) is 13.2 Å². The zero-order chi connectivity index (χ0) is 40.0. The molecule has 54 heavy (non-hydrogen) atoms. The number of ether oxygens (including phenoxy) is 2. The van der Waals surface area contributed by atoms with Crippen LogP contribution < -0.4 is 5.73 Å². The van der Waals surface area contributed by atoms with Crippen molar-refractivity contribution in [3.8, 4) is 0 Å². The third-order valence-electron chi connectivity index (χ3n) is 8.60. The molecule has 11 nitrogen and oxygen atoms in total. The molecule has 0 bridgehead atoms. The summed E-state index contributed by atoms with van der Waals surface area (Å²) in [5.74, 6) is -2.42. The summed E-state index contributed by atoms with van der Waals surface area (Å²) in [6.45, 7) is 2.71.